The van der Waals surface area contributed by atoms with Crippen LogP contribution in [-0.2, 0) is 29.7 Å². The lowest BCUT2D eigenvalue weighted by molar-refractivity contribution is 0.112. The van der Waals surface area contributed by atoms with Crippen molar-refractivity contribution in [3.63, 3.8) is 0 Å². The minimum absolute atomic E-state index is 0.0601. The van der Waals surface area contributed by atoms with Crippen LogP contribution in [0, 0.1) is 5.92 Å². The summed E-state index contributed by atoms with van der Waals surface area (Å²) in [6.45, 7) is 10.5. The first-order chi connectivity index (χ1) is 12.9. The van der Waals surface area contributed by atoms with E-state index >= 15 is 0 Å². The number of aromatic nitrogens is 3. The maximum Gasteiger partial charge on any atom is 0.253 e. The van der Waals surface area contributed by atoms with Crippen molar-refractivity contribution < 1.29 is 4.74 Å². The van der Waals surface area contributed by atoms with Crippen molar-refractivity contribution in [2.24, 2.45) is 5.92 Å². The van der Waals surface area contributed by atoms with Gasteiger partial charge in [0, 0.05) is 37.5 Å². The summed E-state index contributed by atoms with van der Waals surface area (Å²) in [6, 6.07) is 1.69. The molecule has 1 fully saturated rings. The SMILES string of the molecule is CC(C)(C)c1cc(=O)n(CC2CCN(c3nc4c(s3)COCC4)CC2)cn1. The molecule has 0 atom stereocenters. The fourth-order valence-electron chi connectivity index (χ4n) is 3.70. The molecular weight excluding hydrogens is 360 g/mol. The highest BCUT2D eigenvalue weighted by Crippen LogP contribution is 2.32. The molecule has 0 bridgehead atoms. The molecule has 146 valence electrons. The van der Waals surface area contributed by atoms with Crippen molar-refractivity contribution in [2.45, 2.75) is 58.6 Å². The number of hydrogen-bond donors (Lipinski definition) is 0. The molecule has 27 heavy (non-hydrogen) atoms. The van der Waals surface area contributed by atoms with Crippen LogP contribution in [0.1, 0.15) is 49.9 Å². The van der Waals surface area contributed by atoms with E-state index in [1.807, 2.05) is 0 Å². The van der Waals surface area contributed by atoms with Crippen LogP contribution in [0.15, 0.2) is 17.2 Å². The molecule has 0 aromatic carbocycles. The van der Waals surface area contributed by atoms with Gasteiger partial charge < -0.3 is 9.64 Å². The third kappa shape index (κ3) is 4.09. The van der Waals surface area contributed by atoms with E-state index in [9.17, 15) is 4.79 Å². The number of piperidine rings is 1. The van der Waals surface area contributed by atoms with Gasteiger partial charge in [-0.05, 0) is 18.8 Å². The maximum atomic E-state index is 12.5. The zero-order valence-corrected chi connectivity index (χ0v) is 17.2. The Morgan fingerprint density at radius 1 is 1.30 bits per heavy atom. The highest BCUT2D eigenvalue weighted by Gasteiger charge is 2.25. The molecule has 1 saturated heterocycles. The summed E-state index contributed by atoms with van der Waals surface area (Å²) < 4.78 is 7.31. The van der Waals surface area contributed by atoms with Crippen molar-refractivity contribution in [1.82, 2.24) is 14.5 Å². The van der Waals surface area contributed by atoms with E-state index < -0.39 is 0 Å². The lowest BCUT2D eigenvalue weighted by atomic mass is 9.92. The van der Waals surface area contributed by atoms with E-state index in [4.69, 9.17) is 9.72 Å². The fraction of sp³-hybridized carbons (Fsp3) is 0.650. The summed E-state index contributed by atoms with van der Waals surface area (Å²) in [5.74, 6) is 0.513. The van der Waals surface area contributed by atoms with E-state index in [-0.39, 0.29) is 11.0 Å². The average Bonchev–Trinajstić information content (AvgIpc) is 3.07. The topological polar surface area (TPSA) is 60.2 Å². The van der Waals surface area contributed by atoms with Crippen LogP contribution in [-0.4, -0.2) is 34.2 Å². The van der Waals surface area contributed by atoms with Crippen LogP contribution >= 0.6 is 11.3 Å². The van der Waals surface area contributed by atoms with Gasteiger partial charge in [-0.2, -0.15) is 0 Å². The summed E-state index contributed by atoms with van der Waals surface area (Å²) in [5.41, 5.74) is 2.04. The van der Waals surface area contributed by atoms with Crippen molar-refractivity contribution in [3.8, 4) is 0 Å². The maximum absolute atomic E-state index is 12.5. The molecule has 0 spiro atoms. The van der Waals surface area contributed by atoms with Crippen LogP contribution in [0.2, 0.25) is 0 Å². The van der Waals surface area contributed by atoms with Crippen LogP contribution in [0.4, 0.5) is 5.13 Å². The third-order valence-electron chi connectivity index (χ3n) is 5.47. The molecule has 0 N–H and O–H groups in total. The zero-order valence-electron chi connectivity index (χ0n) is 16.4. The summed E-state index contributed by atoms with van der Waals surface area (Å²) >= 11 is 1.78. The number of nitrogens with zero attached hydrogens (tertiary/aromatic N) is 4. The molecule has 0 unspecified atom stereocenters. The first kappa shape index (κ1) is 18.6. The lowest BCUT2D eigenvalue weighted by Crippen LogP contribution is -2.36. The zero-order chi connectivity index (χ0) is 19.0. The van der Waals surface area contributed by atoms with Crippen molar-refractivity contribution >= 4 is 16.5 Å². The Hall–Kier alpha value is -1.73. The number of hydrogen-bond acceptors (Lipinski definition) is 6. The second-order valence-electron chi connectivity index (χ2n) is 8.61. The minimum atomic E-state index is -0.0957. The highest BCUT2D eigenvalue weighted by molar-refractivity contribution is 7.15. The number of ether oxygens (including phenoxy) is 1. The monoisotopic (exact) mass is 388 g/mol. The van der Waals surface area contributed by atoms with Gasteiger partial charge >= 0.3 is 0 Å². The molecule has 2 aliphatic rings. The van der Waals surface area contributed by atoms with Gasteiger partial charge in [-0.15, -0.1) is 0 Å². The molecule has 0 aliphatic carbocycles. The largest absolute Gasteiger partial charge is 0.375 e. The van der Waals surface area contributed by atoms with Crippen molar-refractivity contribution in [2.75, 3.05) is 24.6 Å². The average molecular weight is 389 g/mol. The van der Waals surface area contributed by atoms with Crippen LogP contribution in [0.25, 0.3) is 0 Å². The number of thiazole rings is 1. The Kier molecular flexibility index (Phi) is 5.07. The summed E-state index contributed by atoms with van der Waals surface area (Å²) in [4.78, 5) is 25.5. The number of rotatable bonds is 3. The van der Waals surface area contributed by atoms with E-state index in [1.54, 1.807) is 28.3 Å². The standard InChI is InChI=1S/C20H28N4O2S/c1-20(2,3)17-10-18(25)24(13-21-17)11-14-4-7-23(8-5-14)19-22-15-6-9-26-12-16(15)27-19/h10,13-14H,4-9,11-12H2,1-3H3. The van der Waals surface area contributed by atoms with Gasteiger partial charge in [-0.25, -0.2) is 9.97 Å². The predicted octanol–water partition coefficient (Wildman–Crippen LogP) is 2.99. The Morgan fingerprint density at radius 2 is 2.07 bits per heavy atom. The van der Waals surface area contributed by atoms with E-state index in [0.717, 1.165) is 56.3 Å². The highest BCUT2D eigenvalue weighted by atomic mass is 32.1. The Bertz CT molecular complexity index is 836. The van der Waals surface area contributed by atoms with Gasteiger partial charge in [0.15, 0.2) is 5.13 Å². The van der Waals surface area contributed by atoms with Crippen LogP contribution in [0.3, 0.4) is 0 Å². The van der Waals surface area contributed by atoms with E-state index in [2.05, 4.69) is 30.7 Å². The van der Waals surface area contributed by atoms with E-state index in [1.165, 1.54) is 10.6 Å². The van der Waals surface area contributed by atoms with Gasteiger partial charge in [0.1, 0.15) is 0 Å². The van der Waals surface area contributed by atoms with Gasteiger partial charge in [0.2, 0.25) is 0 Å². The Morgan fingerprint density at radius 3 is 2.74 bits per heavy atom. The predicted molar refractivity (Wildman–Crippen MR) is 108 cm³/mol. The molecule has 7 heteroatoms. The fourth-order valence-corrected chi connectivity index (χ4v) is 4.80. The second-order valence-corrected chi connectivity index (χ2v) is 9.68. The molecule has 4 rings (SSSR count). The molecule has 0 radical (unpaired) electrons. The van der Waals surface area contributed by atoms with Crippen molar-refractivity contribution in [3.05, 3.63) is 39.0 Å². The molecule has 2 aromatic rings. The second kappa shape index (κ2) is 7.36. The first-order valence-electron chi connectivity index (χ1n) is 9.78. The number of anilines is 1. The first-order valence-corrected chi connectivity index (χ1v) is 10.6. The smallest absolute Gasteiger partial charge is 0.253 e. The van der Waals surface area contributed by atoms with Crippen LogP contribution in [0.5, 0.6) is 0 Å². The lowest BCUT2D eigenvalue weighted by Gasteiger charge is -2.32. The molecule has 0 amide bonds. The minimum Gasteiger partial charge on any atom is -0.375 e. The molecule has 2 aliphatic heterocycles. The van der Waals surface area contributed by atoms with Gasteiger partial charge in [-0.1, -0.05) is 32.1 Å². The molecule has 2 aromatic heterocycles. The Balaban J connectivity index is 1.37. The summed E-state index contributed by atoms with van der Waals surface area (Å²) in [6.07, 6.45) is 4.81. The Labute approximate surface area is 164 Å². The summed E-state index contributed by atoms with van der Waals surface area (Å²) in [5, 5.41) is 1.14. The van der Waals surface area contributed by atoms with Gasteiger partial charge in [0.05, 0.1) is 35.8 Å². The van der Waals surface area contributed by atoms with E-state index in [0.29, 0.717) is 12.5 Å². The normalized spacial score (nSPS) is 18.6. The van der Waals surface area contributed by atoms with Crippen LogP contribution < -0.4 is 10.5 Å². The molecule has 4 heterocycles. The molecule has 6 nitrogen and oxygen atoms in total. The molecule has 0 saturated carbocycles. The van der Waals surface area contributed by atoms with Gasteiger partial charge in [0.25, 0.3) is 5.56 Å². The van der Waals surface area contributed by atoms with Crippen molar-refractivity contribution in [1.29, 1.82) is 0 Å². The van der Waals surface area contributed by atoms with Gasteiger partial charge in [-0.3, -0.25) is 9.36 Å². The third-order valence-corrected chi connectivity index (χ3v) is 6.60. The summed E-state index contributed by atoms with van der Waals surface area (Å²) in [7, 11) is 0. The molecular formula is C20H28N4O2S. The number of fused-ring (bicyclic) bond motifs is 1. The quantitative estimate of drug-likeness (QED) is 0.809.